The Labute approximate surface area is 226 Å². The van der Waals surface area contributed by atoms with Gasteiger partial charge in [0.1, 0.15) is 11.2 Å². The van der Waals surface area contributed by atoms with Crippen LogP contribution in [-0.2, 0) is 0 Å². The van der Waals surface area contributed by atoms with Gasteiger partial charge in [0.25, 0.3) is 11.1 Å². The van der Waals surface area contributed by atoms with E-state index in [0.29, 0.717) is 22.2 Å². The van der Waals surface area contributed by atoms with Crippen LogP contribution in [0.15, 0.2) is 62.9 Å². The number of anilines is 3. The first kappa shape index (κ1) is 25.2. The Hall–Kier alpha value is -4.11. The van der Waals surface area contributed by atoms with Crippen LogP contribution in [0.5, 0.6) is 0 Å². The van der Waals surface area contributed by atoms with Crippen LogP contribution in [0, 0.1) is 13.8 Å². The van der Waals surface area contributed by atoms with Crippen molar-refractivity contribution >= 4 is 28.1 Å². The number of aromatic nitrogens is 3. The molecule has 0 unspecified atom stereocenters. The second-order valence-corrected chi connectivity index (χ2v) is 10.8. The van der Waals surface area contributed by atoms with Crippen LogP contribution in [0.4, 0.5) is 17.2 Å². The number of aryl methyl sites for hydroxylation is 2. The highest BCUT2D eigenvalue weighted by molar-refractivity contribution is 5.93. The minimum atomic E-state index is -0.418. The molecule has 0 bridgehead atoms. The van der Waals surface area contributed by atoms with Crippen molar-refractivity contribution in [3.05, 3.63) is 90.8 Å². The first-order valence-corrected chi connectivity index (χ1v) is 13.8. The summed E-state index contributed by atoms with van der Waals surface area (Å²) in [6, 6.07) is 15.2. The summed E-state index contributed by atoms with van der Waals surface area (Å²) in [5.74, 6) is 0.289. The Morgan fingerprint density at radius 1 is 0.923 bits per heavy atom. The summed E-state index contributed by atoms with van der Waals surface area (Å²) in [5.41, 5.74) is 2.81. The minimum absolute atomic E-state index is 0.138. The summed E-state index contributed by atoms with van der Waals surface area (Å²) >= 11 is 0. The molecule has 2 aromatic carbocycles. The van der Waals surface area contributed by atoms with E-state index in [0.717, 1.165) is 49.5 Å². The van der Waals surface area contributed by atoms with Crippen molar-refractivity contribution in [1.82, 2.24) is 19.0 Å². The van der Waals surface area contributed by atoms with Crippen LogP contribution in [0.25, 0.3) is 16.6 Å². The number of H-pyrrole nitrogens is 1. The zero-order chi connectivity index (χ0) is 27.1. The summed E-state index contributed by atoms with van der Waals surface area (Å²) in [7, 11) is 0. The van der Waals surface area contributed by atoms with Gasteiger partial charge < -0.3 is 15.6 Å². The smallest absolute Gasteiger partial charge is 0.336 e. The van der Waals surface area contributed by atoms with Crippen molar-refractivity contribution in [2.24, 2.45) is 0 Å². The normalized spacial score (nSPS) is 15.9. The third kappa shape index (κ3) is 4.90. The molecular weight excluding hydrogens is 492 g/mol. The Morgan fingerprint density at radius 2 is 1.67 bits per heavy atom. The zero-order valence-electron chi connectivity index (χ0n) is 22.4. The van der Waals surface area contributed by atoms with Crippen molar-refractivity contribution in [2.45, 2.75) is 52.0 Å². The van der Waals surface area contributed by atoms with Crippen LogP contribution in [-0.4, -0.2) is 38.8 Å². The first-order chi connectivity index (χ1) is 18.9. The molecule has 9 nitrogen and oxygen atoms in total. The van der Waals surface area contributed by atoms with Gasteiger partial charge in [0.15, 0.2) is 0 Å². The molecule has 6 rings (SSSR count). The van der Waals surface area contributed by atoms with Crippen LogP contribution < -0.4 is 27.4 Å². The van der Waals surface area contributed by atoms with Gasteiger partial charge in [0, 0.05) is 23.0 Å². The highest BCUT2D eigenvalue weighted by Crippen LogP contribution is 2.34. The number of piperidine rings is 1. The largest absolute Gasteiger partial charge is 0.372 e. The molecule has 1 aliphatic heterocycles. The van der Waals surface area contributed by atoms with Crippen LogP contribution in [0.2, 0.25) is 0 Å². The molecular formula is C30H34N6O3. The number of hydrogen-bond donors (Lipinski definition) is 3. The quantitative estimate of drug-likeness (QED) is 0.330. The summed E-state index contributed by atoms with van der Waals surface area (Å²) in [6.07, 6.45) is 5.25. The molecule has 0 atom stereocenters. The highest BCUT2D eigenvalue weighted by Gasteiger charge is 2.31. The molecule has 0 amide bonds. The van der Waals surface area contributed by atoms with Crippen molar-refractivity contribution in [1.29, 1.82) is 0 Å². The van der Waals surface area contributed by atoms with Crippen LogP contribution in [0.3, 0.4) is 0 Å². The van der Waals surface area contributed by atoms with E-state index in [1.165, 1.54) is 28.4 Å². The maximum Gasteiger partial charge on any atom is 0.336 e. The average Bonchev–Trinajstić information content (AvgIpc) is 3.77. The maximum absolute atomic E-state index is 13.9. The number of nitrogens with one attached hydrogen (secondary N) is 3. The van der Waals surface area contributed by atoms with E-state index in [1.807, 2.05) is 55.5 Å². The molecule has 3 heterocycles. The molecule has 39 heavy (non-hydrogen) atoms. The molecule has 1 saturated heterocycles. The summed E-state index contributed by atoms with van der Waals surface area (Å²) < 4.78 is 2.89. The van der Waals surface area contributed by atoms with E-state index < -0.39 is 5.69 Å². The molecule has 0 spiro atoms. The molecule has 3 N–H and O–H groups in total. The second-order valence-electron chi connectivity index (χ2n) is 10.8. The van der Waals surface area contributed by atoms with Gasteiger partial charge in [-0.2, -0.15) is 0 Å². The molecule has 2 aliphatic rings. The molecule has 2 aromatic heterocycles. The number of pyridine rings is 1. The third-order valence-corrected chi connectivity index (χ3v) is 7.77. The fourth-order valence-corrected chi connectivity index (χ4v) is 5.43. The molecule has 4 aromatic rings. The van der Waals surface area contributed by atoms with Crippen LogP contribution in [0.1, 0.15) is 49.3 Å². The molecule has 9 heteroatoms. The number of fused-ring (bicyclic) bond motifs is 1. The number of likely N-dealkylation sites (tertiary alicyclic amines) is 1. The van der Waals surface area contributed by atoms with Crippen molar-refractivity contribution in [3.8, 4) is 5.69 Å². The Kier molecular flexibility index (Phi) is 6.60. The number of benzene rings is 2. The van der Waals surface area contributed by atoms with Gasteiger partial charge in [-0.3, -0.25) is 23.6 Å². The van der Waals surface area contributed by atoms with E-state index >= 15 is 0 Å². The van der Waals surface area contributed by atoms with Crippen molar-refractivity contribution < 1.29 is 0 Å². The Balaban J connectivity index is 1.52. The lowest BCUT2D eigenvalue weighted by molar-refractivity contribution is 0.244. The summed E-state index contributed by atoms with van der Waals surface area (Å²) in [4.78, 5) is 46.2. The zero-order valence-corrected chi connectivity index (χ0v) is 22.4. The average molecular weight is 527 g/mol. The van der Waals surface area contributed by atoms with Gasteiger partial charge in [0.2, 0.25) is 0 Å². The van der Waals surface area contributed by atoms with E-state index in [2.05, 4.69) is 20.5 Å². The molecule has 0 radical (unpaired) electrons. The topological polar surface area (TPSA) is 104 Å². The number of nitrogens with zero attached hydrogens (tertiary/aromatic N) is 3. The molecule has 1 aliphatic carbocycles. The predicted octanol–water partition coefficient (Wildman–Crippen LogP) is 4.39. The van der Waals surface area contributed by atoms with Gasteiger partial charge in [-0.05, 0) is 83.0 Å². The molecule has 1 saturated carbocycles. The number of aromatic amines is 1. The van der Waals surface area contributed by atoms with Crippen molar-refractivity contribution in [3.63, 3.8) is 0 Å². The second kappa shape index (κ2) is 10.2. The van der Waals surface area contributed by atoms with Gasteiger partial charge in [0.05, 0.1) is 17.9 Å². The van der Waals surface area contributed by atoms with E-state index in [-0.39, 0.29) is 23.0 Å². The van der Waals surface area contributed by atoms with Crippen molar-refractivity contribution in [2.75, 3.05) is 30.4 Å². The molecule has 2 fully saturated rings. The first-order valence-electron chi connectivity index (χ1n) is 13.8. The standard InChI is InChI=1S/C30H34N6O3/c1-19-9-11-21(12-10-19)32-27-25-26(20(2)28(37)33-27)35(30(39)36(29(25)38)23-13-14-23)24-8-6-7-22(17-24)31-18-34-15-4-3-5-16-34/h6-12,17,23,31H,3-5,13-16,18H2,1-2H3,(H2,32,33,37). The lowest BCUT2D eigenvalue weighted by atomic mass is 10.1. The highest BCUT2D eigenvalue weighted by atomic mass is 16.2. The number of rotatable bonds is 7. The van der Waals surface area contributed by atoms with Gasteiger partial charge in [-0.25, -0.2) is 4.79 Å². The number of hydrogen-bond acceptors (Lipinski definition) is 6. The fraction of sp³-hybridized carbons (Fsp3) is 0.367. The SMILES string of the molecule is Cc1ccc(Nc2[nH]c(=O)c(C)c3c2c(=O)n(C2CC2)c(=O)n3-c2cccc(NCN3CCCCC3)c2)cc1. The third-order valence-electron chi connectivity index (χ3n) is 7.77. The molecule has 202 valence electrons. The minimum Gasteiger partial charge on any atom is -0.372 e. The summed E-state index contributed by atoms with van der Waals surface area (Å²) in [6.45, 7) is 6.52. The van der Waals surface area contributed by atoms with E-state index in [1.54, 1.807) is 6.92 Å². The van der Waals surface area contributed by atoms with Gasteiger partial charge in [-0.15, -0.1) is 0 Å². The maximum atomic E-state index is 13.9. The lowest BCUT2D eigenvalue weighted by Crippen LogP contribution is -2.40. The Bertz CT molecular complexity index is 1710. The fourth-order valence-electron chi connectivity index (χ4n) is 5.43. The summed E-state index contributed by atoms with van der Waals surface area (Å²) in [5, 5.41) is 7.02. The monoisotopic (exact) mass is 526 g/mol. The van der Waals surface area contributed by atoms with Crippen LogP contribution >= 0.6 is 0 Å². The van der Waals surface area contributed by atoms with Gasteiger partial charge >= 0.3 is 5.69 Å². The van der Waals surface area contributed by atoms with E-state index in [9.17, 15) is 14.4 Å². The van der Waals surface area contributed by atoms with Gasteiger partial charge in [-0.1, -0.05) is 30.2 Å². The lowest BCUT2D eigenvalue weighted by Gasteiger charge is -2.27. The van der Waals surface area contributed by atoms with E-state index in [4.69, 9.17) is 0 Å². The predicted molar refractivity (Wildman–Crippen MR) is 156 cm³/mol. The Morgan fingerprint density at radius 3 is 2.38 bits per heavy atom.